The van der Waals surface area contributed by atoms with Crippen molar-refractivity contribution in [1.82, 2.24) is 10.4 Å². The molecular formula is C19H21N3O5. The summed E-state index contributed by atoms with van der Waals surface area (Å²) in [4.78, 5) is 51.3. The Morgan fingerprint density at radius 1 is 1.19 bits per heavy atom. The molecule has 0 radical (unpaired) electrons. The van der Waals surface area contributed by atoms with Crippen LogP contribution < -0.4 is 10.3 Å². The van der Waals surface area contributed by atoms with E-state index < -0.39 is 29.2 Å². The lowest BCUT2D eigenvalue weighted by Gasteiger charge is -2.30. The van der Waals surface area contributed by atoms with Crippen LogP contribution in [0.4, 0.5) is 5.69 Å². The minimum absolute atomic E-state index is 0.0320. The van der Waals surface area contributed by atoms with Crippen LogP contribution in [0.15, 0.2) is 30.0 Å². The second-order valence-electron chi connectivity index (χ2n) is 6.73. The molecule has 1 saturated heterocycles. The van der Waals surface area contributed by atoms with E-state index in [0.29, 0.717) is 5.69 Å². The number of hydrogen-bond acceptors (Lipinski definition) is 6. The van der Waals surface area contributed by atoms with Gasteiger partial charge in [0.25, 0.3) is 5.91 Å². The number of hydrogen-bond donors (Lipinski definition) is 1. The fourth-order valence-electron chi connectivity index (χ4n) is 3.55. The molecule has 0 aromatic heterocycles. The highest BCUT2D eigenvalue weighted by molar-refractivity contribution is 6.26. The molecule has 0 unspecified atom stereocenters. The highest BCUT2D eigenvalue weighted by Gasteiger charge is 2.59. The molecule has 3 amide bonds. The number of carbonyl (C=O) groups excluding carboxylic acids is 4. The number of nitrogens with zero attached hydrogens (tertiary/aromatic N) is 2. The molecule has 1 aromatic rings. The van der Waals surface area contributed by atoms with Crippen LogP contribution in [0.3, 0.4) is 0 Å². The molecule has 8 nitrogen and oxygen atoms in total. The third-order valence-corrected chi connectivity index (χ3v) is 4.53. The van der Waals surface area contributed by atoms with Crippen LogP contribution in [0.2, 0.25) is 0 Å². The maximum absolute atomic E-state index is 13.3. The van der Waals surface area contributed by atoms with Crippen molar-refractivity contribution in [3.63, 3.8) is 0 Å². The zero-order valence-electron chi connectivity index (χ0n) is 15.7. The molecule has 142 valence electrons. The Balaban J connectivity index is 2.06. The molecule has 0 bridgehead atoms. The topological polar surface area (TPSA) is 96.0 Å². The summed E-state index contributed by atoms with van der Waals surface area (Å²) in [6.07, 6.45) is 1.06. The minimum atomic E-state index is -1.58. The first-order valence-corrected chi connectivity index (χ1v) is 8.62. The van der Waals surface area contributed by atoms with Gasteiger partial charge in [0, 0.05) is 6.92 Å². The number of hydrazine groups is 1. The van der Waals surface area contributed by atoms with Crippen LogP contribution in [0.1, 0.15) is 31.4 Å². The highest BCUT2D eigenvalue weighted by atomic mass is 16.5. The molecule has 8 heteroatoms. The second kappa shape index (κ2) is 6.53. The normalized spacial score (nSPS) is 21.6. The van der Waals surface area contributed by atoms with E-state index in [-0.39, 0.29) is 18.7 Å². The lowest BCUT2D eigenvalue weighted by molar-refractivity contribution is -0.144. The number of amides is 3. The third-order valence-electron chi connectivity index (χ3n) is 4.53. The molecule has 2 heterocycles. The first-order chi connectivity index (χ1) is 12.7. The van der Waals surface area contributed by atoms with Crippen LogP contribution in [0.5, 0.6) is 0 Å². The van der Waals surface area contributed by atoms with E-state index in [9.17, 15) is 19.2 Å². The van der Waals surface area contributed by atoms with Gasteiger partial charge in [-0.2, -0.15) is 0 Å². The van der Waals surface area contributed by atoms with E-state index in [1.165, 1.54) is 13.0 Å². The maximum atomic E-state index is 13.3. The summed E-state index contributed by atoms with van der Waals surface area (Å²) >= 11 is 0. The standard InChI is InChI=1S/C19H21N3O5/c1-5-27-17(25)15-9-19(22(20-15)13(4)23)10-16(24)21(18(19)26)14-7-11(2)6-12(3)8-14/h6-9,20H,5,10H2,1-4H3/t19-/m1/s1. The van der Waals surface area contributed by atoms with Gasteiger partial charge < -0.3 is 4.74 Å². The zero-order chi connectivity index (χ0) is 19.9. The van der Waals surface area contributed by atoms with Crippen molar-refractivity contribution in [1.29, 1.82) is 0 Å². The first kappa shape index (κ1) is 18.6. The van der Waals surface area contributed by atoms with Gasteiger partial charge in [-0.3, -0.25) is 19.8 Å². The van der Waals surface area contributed by atoms with E-state index in [1.807, 2.05) is 19.9 Å². The average Bonchev–Trinajstić information content (AvgIpc) is 3.06. The fourth-order valence-corrected chi connectivity index (χ4v) is 3.55. The van der Waals surface area contributed by atoms with Crippen LogP contribution in [-0.2, 0) is 23.9 Å². The van der Waals surface area contributed by atoms with Gasteiger partial charge in [-0.05, 0) is 50.1 Å². The summed E-state index contributed by atoms with van der Waals surface area (Å²) in [6.45, 7) is 6.79. The molecule has 2 aliphatic heterocycles. The maximum Gasteiger partial charge on any atom is 0.355 e. The molecule has 3 rings (SSSR count). The second-order valence-corrected chi connectivity index (χ2v) is 6.73. The summed E-state index contributed by atoms with van der Waals surface area (Å²) in [6, 6.07) is 5.40. The molecular weight excluding hydrogens is 350 g/mol. The Hall–Kier alpha value is -3.16. The molecule has 1 spiro atoms. The van der Waals surface area contributed by atoms with E-state index in [0.717, 1.165) is 21.0 Å². The molecule has 0 aliphatic carbocycles. The third kappa shape index (κ3) is 2.97. The van der Waals surface area contributed by atoms with E-state index in [2.05, 4.69) is 5.43 Å². The van der Waals surface area contributed by atoms with Crippen molar-refractivity contribution in [2.24, 2.45) is 0 Å². The Bertz CT molecular complexity index is 871. The smallest absolute Gasteiger partial charge is 0.355 e. The molecule has 1 aromatic carbocycles. The zero-order valence-corrected chi connectivity index (χ0v) is 15.7. The predicted octanol–water partition coefficient (Wildman–Crippen LogP) is 1.12. The number of rotatable bonds is 3. The quantitative estimate of drug-likeness (QED) is 0.632. The van der Waals surface area contributed by atoms with Crippen molar-refractivity contribution in [3.8, 4) is 0 Å². The van der Waals surface area contributed by atoms with Crippen LogP contribution in [0, 0.1) is 13.8 Å². The number of carbonyl (C=O) groups is 4. The number of benzene rings is 1. The van der Waals surface area contributed by atoms with E-state index >= 15 is 0 Å². The Labute approximate surface area is 156 Å². The van der Waals surface area contributed by atoms with Crippen LogP contribution >= 0.6 is 0 Å². The molecule has 1 fully saturated rings. The van der Waals surface area contributed by atoms with E-state index in [4.69, 9.17) is 4.74 Å². The highest BCUT2D eigenvalue weighted by Crippen LogP contribution is 2.38. The Kier molecular flexibility index (Phi) is 4.51. The molecule has 1 atom stereocenters. The SMILES string of the molecule is CCOC(=O)C1=C[C@]2(CC(=O)N(c3cc(C)cc(C)c3)C2=O)N(C(C)=O)N1. The van der Waals surface area contributed by atoms with Crippen molar-refractivity contribution in [2.75, 3.05) is 11.5 Å². The first-order valence-electron chi connectivity index (χ1n) is 8.62. The molecule has 0 saturated carbocycles. The summed E-state index contributed by atoms with van der Waals surface area (Å²) in [5.74, 6) is -2.21. The number of aryl methyl sites for hydroxylation is 2. The van der Waals surface area contributed by atoms with Gasteiger partial charge in [-0.15, -0.1) is 0 Å². The van der Waals surface area contributed by atoms with Gasteiger partial charge in [-0.1, -0.05) is 6.07 Å². The van der Waals surface area contributed by atoms with Gasteiger partial charge >= 0.3 is 5.97 Å². The number of ether oxygens (including phenoxy) is 1. The van der Waals surface area contributed by atoms with Crippen molar-refractivity contribution in [3.05, 3.63) is 41.1 Å². The number of esters is 1. The van der Waals surface area contributed by atoms with E-state index in [1.54, 1.807) is 19.1 Å². The average molecular weight is 371 g/mol. The van der Waals surface area contributed by atoms with Crippen molar-refractivity contribution >= 4 is 29.4 Å². The van der Waals surface area contributed by atoms with Gasteiger partial charge in [0.15, 0.2) is 5.54 Å². The summed E-state index contributed by atoms with van der Waals surface area (Å²) in [7, 11) is 0. The Morgan fingerprint density at radius 3 is 2.37 bits per heavy atom. The largest absolute Gasteiger partial charge is 0.461 e. The van der Waals surface area contributed by atoms with Crippen LogP contribution in [-0.4, -0.2) is 40.8 Å². The van der Waals surface area contributed by atoms with Crippen LogP contribution in [0.25, 0.3) is 0 Å². The predicted molar refractivity (Wildman–Crippen MR) is 96.1 cm³/mol. The minimum Gasteiger partial charge on any atom is -0.461 e. The number of anilines is 1. The molecule has 27 heavy (non-hydrogen) atoms. The monoisotopic (exact) mass is 371 g/mol. The van der Waals surface area contributed by atoms with Crippen molar-refractivity contribution in [2.45, 2.75) is 39.7 Å². The van der Waals surface area contributed by atoms with Gasteiger partial charge in [0.05, 0.1) is 18.7 Å². The fraction of sp³-hybridized carbons (Fsp3) is 0.368. The van der Waals surface area contributed by atoms with Crippen molar-refractivity contribution < 1.29 is 23.9 Å². The molecule has 2 aliphatic rings. The number of imide groups is 1. The lowest BCUT2D eigenvalue weighted by Crippen LogP contribution is -2.56. The Morgan fingerprint density at radius 2 is 1.81 bits per heavy atom. The molecule has 1 N–H and O–H groups in total. The summed E-state index contributed by atoms with van der Waals surface area (Å²) in [5.41, 5.74) is 3.27. The van der Waals surface area contributed by atoms with Gasteiger partial charge in [0.2, 0.25) is 11.8 Å². The lowest BCUT2D eigenvalue weighted by atomic mass is 9.96. The van der Waals surface area contributed by atoms with Gasteiger partial charge in [-0.25, -0.2) is 14.7 Å². The summed E-state index contributed by atoms with van der Waals surface area (Å²) in [5, 5.41) is 1.03. The summed E-state index contributed by atoms with van der Waals surface area (Å²) < 4.78 is 4.94. The number of nitrogens with one attached hydrogen (secondary N) is 1. The van der Waals surface area contributed by atoms with Gasteiger partial charge in [0.1, 0.15) is 5.70 Å².